The van der Waals surface area contributed by atoms with Gasteiger partial charge in [0.05, 0.1) is 11.3 Å². The molecule has 0 aliphatic heterocycles. The molecule has 2 aromatic rings. The summed E-state index contributed by atoms with van der Waals surface area (Å²) in [7, 11) is 0. The van der Waals surface area contributed by atoms with Crippen molar-refractivity contribution in [3.8, 4) is 0 Å². The molecule has 0 aliphatic carbocycles. The van der Waals surface area contributed by atoms with Crippen molar-refractivity contribution in [2.45, 2.75) is 0 Å². The number of halogens is 3. The van der Waals surface area contributed by atoms with E-state index in [9.17, 15) is 18.4 Å². The van der Waals surface area contributed by atoms with Gasteiger partial charge in [-0.1, -0.05) is 12.1 Å². The minimum atomic E-state index is -1.53. The number of anilines is 1. The van der Waals surface area contributed by atoms with Crippen molar-refractivity contribution in [1.29, 1.82) is 0 Å². The Hall–Kier alpha value is -2.28. The van der Waals surface area contributed by atoms with Crippen molar-refractivity contribution in [2.75, 3.05) is 5.32 Å². The molecular weight excluding hydrogens is 348 g/mol. The average molecular weight is 356 g/mol. The third-order valence-corrected chi connectivity index (χ3v) is 3.33. The molecule has 0 aromatic heterocycles. The Bertz CT molecular complexity index is 714. The molecule has 108 valence electrons. The standard InChI is InChI=1S/C14H8BrF2NO3/c15-7-3-1-4-8(16)11(7)13(19)18-10-6-2-5-9(17)12(10)14(20)21/h1-6H,(H,18,19)(H,20,21). The highest BCUT2D eigenvalue weighted by atomic mass is 79.9. The van der Waals surface area contributed by atoms with E-state index in [0.717, 1.165) is 12.1 Å². The van der Waals surface area contributed by atoms with Crippen LogP contribution in [0.3, 0.4) is 0 Å². The molecule has 0 atom stereocenters. The van der Waals surface area contributed by atoms with Crippen molar-refractivity contribution >= 4 is 33.5 Å². The zero-order valence-electron chi connectivity index (χ0n) is 10.4. The molecule has 4 nitrogen and oxygen atoms in total. The summed E-state index contributed by atoms with van der Waals surface area (Å²) in [5, 5.41) is 11.2. The first-order valence-electron chi connectivity index (χ1n) is 5.69. The van der Waals surface area contributed by atoms with Crippen LogP contribution in [0.2, 0.25) is 0 Å². The molecule has 0 unspecified atom stereocenters. The van der Waals surface area contributed by atoms with Gasteiger partial charge in [0.15, 0.2) is 0 Å². The number of carboxylic acid groups (broad SMARTS) is 1. The van der Waals surface area contributed by atoms with Gasteiger partial charge in [-0.25, -0.2) is 13.6 Å². The van der Waals surface area contributed by atoms with E-state index in [4.69, 9.17) is 5.11 Å². The van der Waals surface area contributed by atoms with Gasteiger partial charge in [0.25, 0.3) is 5.91 Å². The first kappa shape index (κ1) is 15.1. The number of nitrogens with one attached hydrogen (secondary N) is 1. The van der Waals surface area contributed by atoms with Gasteiger partial charge in [0.1, 0.15) is 17.2 Å². The monoisotopic (exact) mass is 355 g/mol. The third-order valence-electron chi connectivity index (χ3n) is 2.67. The fourth-order valence-corrected chi connectivity index (χ4v) is 2.27. The molecule has 0 heterocycles. The number of hydrogen-bond donors (Lipinski definition) is 2. The molecule has 0 bridgehead atoms. The Morgan fingerprint density at radius 1 is 1.00 bits per heavy atom. The van der Waals surface area contributed by atoms with Crippen LogP contribution in [0, 0.1) is 11.6 Å². The smallest absolute Gasteiger partial charge is 0.340 e. The average Bonchev–Trinajstić information content (AvgIpc) is 2.37. The predicted molar refractivity (Wildman–Crippen MR) is 75.4 cm³/mol. The van der Waals surface area contributed by atoms with E-state index in [1.807, 2.05) is 0 Å². The lowest BCUT2D eigenvalue weighted by molar-refractivity contribution is 0.0693. The second-order valence-electron chi connectivity index (χ2n) is 4.02. The molecular formula is C14H8BrF2NO3. The summed E-state index contributed by atoms with van der Waals surface area (Å²) in [6.45, 7) is 0. The van der Waals surface area contributed by atoms with Crippen molar-refractivity contribution in [3.05, 3.63) is 63.6 Å². The largest absolute Gasteiger partial charge is 0.478 e. The topological polar surface area (TPSA) is 66.4 Å². The fourth-order valence-electron chi connectivity index (χ4n) is 1.75. The molecule has 1 amide bonds. The van der Waals surface area contributed by atoms with Crippen molar-refractivity contribution in [2.24, 2.45) is 0 Å². The van der Waals surface area contributed by atoms with Crippen molar-refractivity contribution in [3.63, 3.8) is 0 Å². The van der Waals surface area contributed by atoms with E-state index in [1.54, 1.807) is 0 Å². The minimum Gasteiger partial charge on any atom is -0.478 e. The number of benzene rings is 2. The lowest BCUT2D eigenvalue weighted by atomic mass is 10.1. The van der Waals surface area contributed by atoms with Crippen LogP contribution in [-0.4, -0.2) is 17.0 Å². The summed E-state index contributed by atoms with van der Waals surface area (Å²) in [6.07, 6.45) is 0. The molecule has 0 fully saturated rings. The van der Waals surface area contributed by atoms with E-state index in [1.165, 1.54) is 24.3 Å². The van der Waals surface area contributed by atoms with Crippen LogP contribution in [0.5, 0.6) is 0 Å². The Balaban J connectivity index is 2.42. The Morgan fingerprint density at radius 2 is 1.57 bits per heavy atom. The molecule has 2 aromatic carbocycles. The molecule has 2 N–H and O–H groups in total. The molecule has 21 heavy (non-hydrogen) atoms. The van der Waals surface area contributed by atoms with Gasteiger partial charge < -0.3 is 10.4 Å². The maximum absolute atomic E-state index is 13.7. The van der Waals surface area contributed by atoms with Gasteiger partial charge in [0, 0.05) is 4.47 Å². The highest BCUT2D eigenvalue weighted by Crippen LogP contribution is 2.23. The van der Waals surface area contributed by atoms with Crippen LogP contribution in [0.25, 0.3) is 0 Å². The fraction of sp³-hybridized carbons (Fsp3) is 0. The summed E-state index contributed by atoms with van der Waals surface area (Å²) in [5.74, 6) is -4.19. The van der Waals surface area contributed by atoms with Gasteiger partial charge in [-0.3, -0.25) is 4.79 Å². The first-order valence-corrected chi connectivity index (χ1v) is 6.48. The van der Waals surface area contributed by atoms with Crippen molar-refractivity contribution < 1.29 is 23.5 Å². The number of rotatable bonds is 3. The molecule has 0 radical (unpaired) electrons. The summed E-state index contributed by atoms with van der Waals surface area (Å²) in [4.78, 5) is 23.1. The molecule has 0 saturated heterocycles. The second kappa shape index (κ2) is 6.01. The number of amides is 1. The summed E-state index contributed by atoms with van der Waals surface area (Å²) in [5.41, 5.74) is -1.22. The highest BCUT2D eigenvalue weighted by molar-refractivity contribution is 9.10. The number of carbonyl (C=O) groups excluding carboxylic acids is 1. The quantitative estimate of drug-likeness (QED) is 0.882. The van der Waals surface area contributed by atoms with E-state index in [-0.39, 0.29) is 15.7 Å². The first-order chi connectivity index (χ1) is 9.91. The van der Waals surface area contributed by atoms with E-state index >= 15 is 0 Å². The van der Waals surface area contributed by atoms with Crippen LogP contribution in [-0.2, 0) is 0 Å². The molecule has 0 spiro atoms. The molecule has 7 heteroatoms. The molecule has 0 saturated carbocycles. The van der Waals surface area contributed by atoms with Gasteiger partial charge in [0.2, 0.25) is 0 Å². The predicted octanol–water partition coefficient (Wildman–Crippen LogP) is 3.68. The summed E-state index contributed by atoms with van der Waals surface area (Å²) in [6, 6.07) is 7.37. The second-order valence-corrected chi connectivity index (χ2v) is 4.87. The van der Waals surface area contributed by atoms with Gasteiger partial charge in [-0.2, -0.15) is 0 Å². The van der Waals surface area contributed by atoms with Gasteiger partial charge in [-0.15, -0.1) is 0 Å². The number of hydrogen-bond acceptors (Lipinski definition) is 2. The number of carboxylic acids is 1. The Labute approximate surface area is 126 Å². The van der Waals surface area contributed by atoms with E-state index in [0.29, 0.717) is 0 Å². The van der Waals surface area contributed by atoms with Crippen LogP contribution in [0.1, 0.15) is 20.7 Å². The van der Waals surface area contributed by atoms with Gasteiger partial charge in [-0.05, 0) is 40.2 Å². The van der Waals surface area contributed by atoms with Crippen LogP contribution >= 0.6 is 15.9 Å². The molecule has 0 aliphatic rings. The maximum atomic E-state index is 13.7. The SMILES string of the molecule is O=C(Nc1cccc(F)c1C(=O)O)c1c(F)cccc1Br. The summed E-state index contributed by atoms with van der Waals surface area (Å²) >= 11 is 3.03. The maximum Gasteiger partial charge on any atom is 0.340 e. The Morgan fingerprint density at radius 3 is 2.14 bits per heavy atom. The number of carbonyl (C=O) groups is 2. The Kier molecular flexibility index (Phi) is 4.32. The number of aromatic carboxylic acids is 1. The lowest BCUT2D eigenvalue weighted by Gasteiger charge is -2.10. The third kappa shape index (κ3) is 3.08. The lowest BCUT2D eigenvalue weighted by Crippen LogP contribution is -2.17. The summed E-state index contributed by atoms with van der Waals surface area (Å²) < 4.78 is 27.4. The molecule has 2 rings (SSSR count). The highest BCUT2D eigenvalue weighted by Gasteiger charge is 2.20. The normalized spacial score (nSPS) is 10.2. The van der Waals surface area contributed by atoms with E-state index in [2.05, 4.69) is 21.2 Å². The van der Waals surface area contributed by atoms with Gasteiger partial charge >= 0.3 is 5.97 Å². The van der Waals surface area contributed by atoms with E-state index < -0.39 is 29.1 Å². The minimum absolute atomic E-state index is 0.202. The van der Waals surface area contributed by atoms with Crippen molar-refractivity contribution in [1.82, 2.24) is 0 Å². The zero-order valence-corrected chi connectivity index (χ0v) is 11.9. The van der Waals surface area contributed by atoms with Crippen LogP contribution in [0.15, 0.2) is 40.9 Å². The van der Waals surface area contributed by atoms with Crippen LogP contribution in [0.4, 0.5) is 14.5 Å². The van der Waals surface area contributed by atoms with Crippen LogP contribution < -0.4 is 5.32 Å². The zero-order chi connectivity index (χ0) is 15.6.